The molecule has 1 heterocycles. The van der Waals surface area contributed by atoms with Gasteiger partial charge in [0, 0.05) is 5.92 Å². The Morgan fingerprint density at radius 1 is 1.83 bits per heavy atom. The van der Waals surface area contributed by atoms with Crippen molar-refractivity contribution in [2.75, 3.05) is 7.11 Å². The van der Waals surface area contributed by atoms with E-state index >= 15 is 0 Å². The monoisotopic (exact) mass is 167 g/mol. The number of carbonyl (C=O) groups is 1. The molecule has 1 N–H and O–H groups in total. The van der Waals surface area contributed by atoms with Gasteiger partial charge in [-0.25, -0.2) is 4.79 Å². The molecule has 1 rings (SSSR count). The summed E-state index contributed by atoms with van der Waals surface area (Å²) in [5.74, 6) is 3.33. The van der Waals surface area contributed by atoms with E-state index in [1.807, 2.05) is 5.92 Å². The van der Waals surface area contributed by atoms with E-state index in [1.54, 1.807) is 0 Å². The van der Waals surface area contributed by atoms with Gasteiger partial charge in [-0.15, -0.1) is 0 Å². The summed E-state index contributed by atoms with van der Waals surface area (Å²) in [6, 6.07) is 1.40. The van der Waals surface area contributed by atoms with Crippen LogP contribution in [0.4, 0.5) is 0 Å². The third-order valence-electron chi connectivity index (χ3n) is 0.990. The first-order valence-electron chi connectivity index (χ1n) is 2.98. The number of hydrogen-bond donors (Lipinski definition) is 1. The molecule has 62 valence electrons. The molecule has 1 aromatic heterocycles. The van der Waals surface area contributed by atoms with E-state index in [1.165, 1.54) is 13.2 Å². The zero-order valence-corrected chi connectivity index (χ0v) is 6.20. The zero-order chi connectivity index (χ0) is 8.97. The molecular weight excluding hydrogens is 162 g/mol. The Balaban J connectivity index is 2.78. The van der Waals surface area contributed by atoms with E-state index in [9.17, 15) is 4.79 Å². The van der Waals surface area contributed by atoms with Gasteiger partial charge >= 0.3 is 5.97 Å². The fraction of sp³-hybridized carbons (Fsp3) is 0.143. The lowest BCUT2D eigenvalue weighted by molar-refractivity contribution is -0.130. The molecule has 0 spiro atoms. The molecule has 0 radical (unpaired) electrons. The van der Waals surface area contributed by atoms with Gasteiger partial charge in [-0.3, -0.25) is 0 Å². The summed E-state index contributed by atoms with van der Waals surface area (Å²) in [6.07, 6.45) is 0. The second-order valence-electron chi connectivity index (χ2n) is 1.79. The van der Waals surface area contributed by atoms with E-state index in [-0.39, 0.29) is 11.6 Å². The lowest BCUT2D eigenvalue weighted by Crippen LogP contribution is -1.86. The van der Waals surface area contributed by atoms with Crippen molar-refractivity contribution in [3.8, 4) is 17.7 Å². The minimum atomic E-state index is -1.22. The summed E-state index contributed by atoms with van der Waals surface area (Å²) in [6.45, 7) is 0. The molecule has 1 aromatic rings. The third-order valence-corrected chi connectivity index (χ3v) is 0.990. The van der Waals surface area contributed by atoms with Crippen LogP contribution in [0, 0.1) is 11.8 Å². The minimum Gasteiger partial charge on any atom is -0.479 e. The highest BCUT2D eigenvalue weighted by molar-refractivity contribution is 5.87. The average molecular weight is 167 g/mol. The second-order valence-corrected chi connectivity index (χ2v) is 1.79. The molecule has 0 saturated carbocycles. The highest BCUT2D eigenvalue weighted by Gasteiger charge is 1.99. The molecule has 5 nitrogen and oxygen atoms in total. The number of hydrogen-bond acceptors (Lipinski definition) is 4. The second kappa shape index (κ2) is 3.44. The molecule has 0 amide bonds. The molecule has 0 unspecified atom stereocenters. The van der Waals surface area contributed by atoms with Crippen LogP contribution in [-0.4, -0.2) is 23.3 Å². The van der Waals surface area contributed by atoms with Gasteiger partial charge in [-0.2, -0.15) is 0 Å². The Bertz CT molecular complexity index is 344. The van der Waals surface area contributed by atoms with Crippen LogP contribution in [0.3, 0.4) is 0 Å². The van der Waals surface area contributed by atoms with Crippen molar-refractivity contribution in [3.63, 3.8) is 0 Å². The predicted molar refractivity (Wildman–Crippen MR) is 37.6 cm³/mol. The van der Waals surface area contributed by atoms with Crippen molar-refractivity contribution in [1.29, 1.82) is 0 Å². The molecule has 0 aromatic carbocycles. The van der Waals surface area contributed by atoms with E-state index in [0.717, 1.165) is 0 Å². The lowest BCUT2D eigenvalue weighted by atomic mass is 10.4. The van der Waals surface area contributed by atoms with Crippen molar-refractivity contribution in [2.24, 2.45) is 0 Å². The van der Waals surface area contributed by atoms with Gasteiger partial charge in [0.25, 0.3) is 5.88 Å². The normalized spacial score (nSPS) is 8.42. The molecule has 12 heavy (non-hydrogen) atoms. The summed E-state index contributed by atoms with van der Waals surface area (Å²) in [4.78, 5) is 9.98. The molecule has 5 heteroatoms. The van der Waals surface area contributed by atoms with Crippen LogP contribution < -0.4 is 4.74 Å². The summed E-state index contributed by atoms with van der Waals surface area (Å²) in [5.41, 5.74) is 0. The van der Waals surface area contributed by atoms with E-state index in [4.69, 9.17) is 5.11 Å². The Hall–Kier alpha value is -1.96. The average Bonchev–Trinajstić information content (AvgIpc) is 2.48. The Morgan fingerprint density at radius 2 is 2.58 bits per heavy atom. The number of rotatable bonds is 1. The van der Waals surface area contributed by atoms with Gasteiger partial charge in [0.1, 0.15) is 0 Å². The van der Waals surface area contributed by atoms with Crippen LogP contribution in [0.15, 0.2) is 10.6 Å². The number of ether oxygens (including phenoxy) is 1. The van der Waals surface area contributed by atoms with Gasteiger partial charge in [-0.1, -0.05) is 0 Å². The van der Waals surface area contributed by atoms with Gasteiger partial charge in [-0.05, 0) is 11.1 Å². The summed E-state index contributed by atoms with van der Waals surface area (Å²) in [5, 5.41) is 11.6. The largest absolute Gasteiger partial charge is 0.479 e. The van der Waals surface area contributed by atoms with Gasteiger partial charge in [0.15, 0.2) is 0 Å². The predicted octanol–water partition coefficient (Wildman–Crippen LogP) is 0.119. The summed E-state index contributed by atoms with van der Waals surface area (Å²) >= 11 is 0. The summed E-state index contributed by atoms with van der Waals surface area (Å²) < 4.78 is 9.28. The number of aliphatic carboxylic acids is 1. The van der Waals surface area contributed by atoms with Crippen LogP contribution in [0.2, 0.25) is 0 Å². The van der Waals surface area contributed by atoms with Crippen molar-refractivity contribution in [2.45, 2.75) is 0 Å². The van der Waals surface area contributed by atoms with Crippen molar-refractivity contribution < 1.29 is 19.2 Å². The molecule has 0 atom stereocenters. The fourth-order valence-electron chi connectivity index (χ4n) is 0.529. The van der Waals surface area contributed by atoms with Crippen molar-refractivity contribution in [1.82, 2.24) is 5.16 Å². The quantitative estimate of drug-likeness (QED) is 0.601. The van der Waals surface area contributed by atoms with Gasteiger partial charge in [0.05, 0.1) is 13.2 Å². The maximum absolute atomic E-state index is 9.98. The van der Waals surface area contributed by atoms with Crippen molar-refractivity contribution in [3.05, 3.63) is 11.8 Å². The van der Waals surface area contributed by atoms with Crippen LogP contribution in [0.25, 0.3) is 0 Å². The number of carboxylic acids is 1. The Morgan fingerprint density at radius 3 is 3.08 bits per heavy atom. The third kappa shape index (κ3) is 2.02. The first-order valence-corrected chi connectivity index (χ1v) is 2.98. The fourth-order valence-corrected chi connectivity index (χ4v) is 0.529. The van der Waals surface area contributed by atoms with Crippen LogP contribution in [0.1, 0.15) is 5.76 Å². The smallest absolute Gasteiger partial charge is 0.382 e. The highest BCUT2D eigenvalue weighted by Crippen LogP contribution is 2.08. The molecule has 0 aliphatic heterocycles. The van der Waals surface area contributed by atoms with E-state index in [2.05, 4.69) is 20.3 Å². The number of aromatic nitrogens is 1. The number of nitrogens with zero attached hydrogens (tertiary/aromatic N) is 1. The molecule has 0 aliphatic carbocycles. The minimum absolute atomic E-state index is 0.161. The topological polar surface area (TPSA) is 72.6 Å². The van der Waals surface area contributed by atoms with Crippen LogP contribution in [-0.2, 0) is 4.79 Å². The maximum atomic E-state index is 9.98. The Kier molecular flexibility index (Phi) is 2.33. The first kappa shape index (κ1) is 8.14. The van der Waals surface area contributed by atoms with Crippen LogP contribution in [0.5, 0.6) is 5.88 Å². The SMILES string of the molecule is COc1cc(C#CC(=O)O)on1. The molecular formula is C7H5NO4. The highest BCUT2D eigenvalue weighted by atomic mass is 16.5. The molecule has 0 fully saturated rings. The van der Waals surface area contributed by atoms with E-state index < -0.39 is 5.97 Å². The van der Waals surface area contributed by atoms with Gasteiger partial charge in [0.2, 0.25) is 5.76 Å². The zero-order valence-electron chi connectivity index (χ0n) is 6.20. The van der Waals surface area contributed by atoms with Gasteiger partial charge < -0.3 is 14.4 Å². The lowest BCUT2D eigenvalue weighted by Gasteiger charge is -1.83. The molecule has 0 saturated heterocycles. The Labute approximate surface area is 67.9 Å². The summed E-state index contributed by atoms with van der Waals surface area (Å²) in [7, 11) is 1.42. The maximum Gasteiger partial charge on any atom is 0.382 e. The number of carboxylic acid groups (broad SMARTS) is 1. The molecule has 0 bridgehead atoms. The first-order chi connectivity index (χ1) is 5.72. The van der Waals surface area contributed by atoms with Crippen LogP contribution >= 0.6 is 0 Å². The standard InChI is InChI=1S/C7H5NO4/c1-11-6-4-5(12-8-6)2-3-7(9)10/h4H,1H3,(H,9,10). The molecule has 0 aliphatic rings. The van der Waals surface area contributed by atoms with E-state index in [0.29, 0.717) is 0 Å². The van der Waals surface area contributed by atoms with Crippen molar-refractivity contribution >= 4 is 5.97 Å². The number of methoxy groups -OCH3 is 1.